The van der Waals surface area contributed by atoms with Crippen LogP contribution in [0.5, 0.6) is 0 Å². The van der Waals surface area contributed by atoms with Gasteiger partial charge in [-0.15, -0.1) is 0 Å². The number of nitrogens with zero attached hydrogens (tertiary/aromatic N) is 2. The number of methoxy groups -OCH3 is 1. The van der Waals surface area contributed by atoms with Crippen molar-refractivity contribution in [2.24, 2.45) is 0 Å². The third-order valence-electron chi connectivity index (χ3n) is 4.05. The summed E-state index contributed by atoms with van der Waals surface area (Å²) in [5.41, 5.74) is 6.77. The Morgan fingerprint density at radius 2 is 1.80 bits per heavy atom. The Bertz CT molecular complexity index is 621. The van der Waals surface area contributed by atoms with Crippen LogP contribution in [0, 0.1) is 0 Å². The molecule has 10 heteroatoms. The average Bonchev–Trinajstić information content (AvgIpc) is 2.60. The molecule has 1 saturated heterocycles. The van der Waals surface area contributed by atoms with Gasteiger partial charge in [-0.25, -0.2) is 18.0 Å². The maximum absolute atomic E-state index is 13.7. The first-order chi connectivity index (χ1) is 11.7. The minimum atomic E-state index is -4.71. The molecular formula is C15H18F5N3O2. The molecule has 25 heavy (non-hydrogen) atoms. The van der Waals surface area contributed by atoms with Crippen LogP contribution < -0.4 is 10.6 Å². The number of nitrogen functional groups attached to an aromatic ring is 1. The van der Waals surface area contributed by atoms with E-state index >= 15 is 0 Å². The molecule has 0 aromatic heterocycles. The van der Waals surface area contributed by atoms with Gasteiger partial charge in [-0.2, -0.15) is 8.78 Å². The highest BCUT2D eigenvalue weighted by molar-refractivity contribution is 5.95. The van der Waals surface area contributed by atoms with E-state index in [1.807, 2.05) is 0 Å². The molecule has 1 fully saturated rings. The molecule has 1 heterocycles. The number of esters is 1. The van der Waals surface area contributed by atoms with Crippen molar-refractivity contribution >= 4 is 17.3 Å². The zero-order valence-electron chi connectivity index (χ0n) is 13.4. The number of benzene rings is 1. The van der Waals surface area contributed by atoms with Gasteiger partial charge in [-0.3, -0.25) is 4.90 Å². The van der Waals surface area contributed by atoms with Gasteiger partial charge in [0.05, 0.1) is 12.7 Å². The van der Waals surface area contributed by atoms with E-state index < -0.39 is 24.6 Å². The highest BCUT2D eigenvalue weighted by Crippen LogP contribution is 2.32. The normalized spacial score (nSPS) is 17.6. The van der Waals surface area contributed by atoms with Crippen LogP contribution in [-0.4, -0.2) is 62.8 Å². The summed E-state index contributed by atoms with van der Waals surface area (Å²) in [6, 6.07) is 4.58. The first kappa shape index (κ1) is 19.2. The van der Waals surface area contributed by atoms with Gasteiger partial charge in [0.15, 0.2) is 0 Å². The van der Waals surface area contributed by atoms with Gasteiger partial charge in [0.25, 0.3) is 0 Å². The number of rotatable bonds is 5. The van der Waals surface area contributed by atoms with Crippen LogP contribution in [-0.2, 0) is 4.74 Å². The molecule has 1 aliphatic rings. The quantitative estimate of drug-likeness (QED) is 0.375. The Labute approximate surface area is 141 Å². The Morgan fingerprint density at radius 3 is 2.28 bits per heavy atom. The van der Waals surface area contributed by atoms with Gasteiger partial charge in [-0.1, -0.05) is 0 Å². The third-order valence-corrected chi connectivity index (χ3v) is 4.05. The van der Waals surface area contributed by atoms with Crippen LogP contribution in [0.3, 0.4) is 0 Å². The lowest BCUT2D eigenvalue weighted by Crippen LogP contribution is -2.56. The third kappa shape index (κ3) is 3.94. The molecule has 0 bridgehead atoms. The van der Waals surface area contributed by atoms with Crippen molar-refractivity contribution in [1.82, 2.24) is 4.90 Å². The predicted octanol–water partition coefficient (Wildman–Crippen LogP) is 2.37. The fourth-order valence-electron chi connectivity index (χ4n) is 2.60. The van der Waals surface area contributed by atoms with Crippen LogP contribution in [0.1, 0.15) is 10.4 Å². The number of hydrogen-bond acceptors (Lipinski definition) is 5. The molecule has 0 radical (unpaired) electrons. The van der Waals surface area contributed by atoms with Gasteiger partial charge >= 0.3 is 18.3 Å². The number of ether oxygens (including phenoxy) is 1. The highest BCUT2D eigenvalue weighted by atomic mass is 19.3. The van der Waals surface area contributed by atoms with Crippen molar-refractivity contribution in [3.05, 3.63) is 23.8 Å². The van der Waals surface area contributed by atoms with Crippen LogP contribution in [0.25, 0.3) is 0 Å². The molecular weight excluding hydrogens is 349 g/mol. The summed E-state index contributed by atoms with van der Waals surface area (Å²) in [6.45, 7) is -0.00222. The number of anilines is 2. The summed E-state index contributed by atoms with van der Waals surface area (Å²) >= 11 is 0. The van der Waals surface area contributed by atoms with E-state index in [4.69, 9.17) is 5.73 Å². The minimum Gasteiger partial charge on any atom is -0.465 e. The van der Waals surface area contributed by atoms with E-state index in [9.17, 15) is 26.7 Å². The summed E-state index contributed by atoms with van der Waals surface area (Å²) in [7, 11) is 1.22. The molecule has 1 aromatic carbocycles. The SMILES string of the molecule is COC(=O)c1ccc(N2CCN(C(F)C(F)(F)C(F)F)CC2)cc1N. The fraction of sp³-hybridized carbons (Fsp3) is 0.533. The number of carbonyl (C=O) groups excluding carboxylic acids is 1. The number of hydrogen-bond donors (Lipinski definition) is 1. The zero-order chi connectivity index (χ0) is 18.8. The predicted molar refractivity (Wildman–Crippen MR) is 81.8 cm³/mol. The van der Waals surface area contributed by atoms with E-state index in [2.05, 4.69) is 4.74 Å². The van der Waals surface area contributed by atoms with Crippen molar-refractivity contribution in [2.45, 2.75) is 18.6 Å². The second kappa shape index (κ2) is 7.42. The van der Waals surface area contributed by atoms with E-state index in [1.165, 1.54) is 19.2 Å². The fourth-order valence-corrected chi connectivity index (χ4v) is 2.60. The number of nitrogens with two attached hydrogens (primary N) is 1. The first-order valence-electron chi connectivity index (χ1n) is 7.45. The molecule has 2 rings (SSSR count). The van der Waals surface area contributed by atoms with Crippen molar-refractivity contribution in [3.8, 4) is 0 Å². The van der Waals surface area contributed by atoms with E-state index in [0.29, 0.717) is 10.6 Å². The molecule has 0 aliphatic carbocycles. The Hall–Kier alpha value is -2.10. The van der Waals surface area contributed by atoms with Gasteiger partial charge < -0.3 is 15.4 Å². The van der Waals surface area contributed by atoms with Crippen molar-refractivity contribution in [3.63, 3.8) is 0 Å². The van der Waals surface area contributed by atoms with Crippen LogP contribution >= 0.6 is 0 Å². The van der Waals surface area contributed by atoms with Gasteiger partial charge in [0, 0.05) is 37.6 Å². The standard InChI is InChI=1S/C15H18F5N3O2/c1-25-12(24)10-3-2-9(8-11(10)21)22-4-6-23(7-5-22)14(18)15(19,20)13(16)17/h2-3,8,13-14H,4-7,21H2,1H3. The summed E-state index contributed by atoms with van der Waals surface area (Å²) < 4.78 is 69.0. The zero-order valence-corrected chi connectivity index (χ0v) is 13.4. The molecule has 0 spiro atoms. The molecule has 1 atom stereocenters. The monoisotopic (exact) mass is 367 g/mol. The van der Waals surface area contributed by atoms with Crippen LogP contribution in [0.2, 0.25) is 0 Å². The van der Waals surface area contributed by atoms with Crippen molar-refractivity contribution in [1.29, 1.82) is 0 Å². The molecule has 1 aliphatic heterocycles. The molecule has 140 valence electrons. The minimum absolute atomic E-state index is 0.150. The van der Waals surface area contributed by atoms with Gasteiger partial charge in [-0.05, 0) is 18.2 Å². The molecule has 2 N–H and O–H groups in total. The van der Waals surface area contributed by atoms with Crippen LogP contribution in [0.4, 0.5) is 33.3 Å². The largest absolute Gasteiger partial charge is 0.465 e. The number of carbonyl (C=O) groups is 1. The Morgan fingerprint density at radius 1 is 1.20 bits per heavy atom. The molecule has 1 unspecified atom stereocenters. The summed E-state index contributed by atoms with van der Waals surface area (Å²) in [5, 5.41) is 0. The lowest BCUT2D eigenvalue weighted by molar-refractivity contribution is -0.209. The maximum atomic E-state index is 13.7. The van der Waals surface area contributed by atoms with Crippen molar-refractivity contribution < 1.29 is 31.5 Å². The lowest BCUT2D eigenvalue weighted by atomic mass is 10.1. The second-order valence-electron chi connectivity index (χ2n) is 5.60. The number of piperazine rings is 1. The maximum Gasteiger partial charge on any atom is 0.351 e. The lowest BCUT2D eigenvalue weighted by Gasteiger charge is -2.39. The summed E-state index contributed by atoms with van der Waals surface area (Å²) in [4.78, 5) is 13.9. The smallest absolute Gasteiger partial charge is 0.351 e. The number of halogens is 5. The Kier molecular flexibility index (Phi) is 5.71. The summed E-state index contributed by atoms with van der Waals surface area (Å²) in [5.74, 6) is -5.31. The van der Waals surface area contributed by atoms with Gasteiger partial charge in [0.2, 0.25) is 6.30 Å². The molecule has 0 saturated carbocycles. The van der Waals surface area contributed by atoms with E-state index in [1.54, 1.807) is 11.0 Å². The Balaban J connectivity index is 2.03. The van der Waals surface area contributed by atoms with E-state index in [-0.39, 0.29) is 37.4 Å². The molecule has 1 aromatic rings. The topological polar surface area (TPSA) is 58.8 Å². The average molecular weight is 367 g/mol. The highest BCUT2D eigenvalue weighted by Gasteiger charge is 2.52. The number of alkyl halides is 5. The second-order valence-corrected chi connectivity index (χ2v) is 5.60. The van der Waals surface area contributed by atoms with Gasteiger partial charge in [0.1, 0.15) is 0 Å². The van der Waals surface area contributed by atoms with E-state index in [0.717, 1.165) is 0 Å². The first-order valence-corrected chi connectivity index (χ1v) is 7.45. The molecule has 5 nitrogen and oxygen atoms in total. The van der Waals surface area contributed by atoms with Crippen molar-refractivity contribution in [2.75, 3.05) is 43.9 Å². The molecule has 0 amide bonds. The van der Waals surface area contributed by atoms with Crippen LogP contribution in [0.15, 0.2) is 18.2 Å². The summed E-state index contributed by atoms with van der Waals surface area (Å²) in [6.07, 6.45) is -7.10.